The summed E-state index contributed by atoms with van der Waals surface area (Å²) >= 11 is 0. The maximum Gasteiger partial charge on any atom is 0.251 e. The van der Waals surface area contributed by atoms with Crippen LogP contribution in [0.1, 0.15) is 85.7 Å². The van der Waals surface area contributed by atoms with E-state index < -0.39 is 17.7 Å². The monoisotopic (exact) mass is 539 g/mol. The molecule has 2 aromatic rings. The molecule has 2 fully saturated rings. The van der Waals surface area contributed by atoms with Crippen molar-refractivity contribution in [2.24, 2.45) is 5.92 Å². The van der Waals surface area contributed by atoms with Gasteiger partial charge in [0.15, 0.2) is 5.78 Å². The van der Waals surface area contributed by atoms with Crippen LogP contribution in [0.4, 0.5) is 8.78 Å². The van der Waals surface area contributed by atoms with Crippen LogP contribution in [0, 0.1) is 17.6 Å². The molecule has 210 valence electrons. The van der Waals surface area contributed by atoms with Crippen molar-refractivity contribution in [3.63, 3.8) is 0 Å². The smallest absolute Gasteiger partial charge is 0.251 e. The molecule has 8 heteroatoms. The Morgan fingerprint density at radius 2 is 1.79 bits per heavy atom. The van der Waals surface area contributed by atoms with Crippen molar-refractivity contribution in [2.45, 2.75) is 76.8 Å². The number of carbonyl (C=O) groups excluding carboxylic acids is 3. The fourth-order valence-electron chi connectivity index (χ4n) is 5.86. The Labute approximate surface area is 229 Å². The van der Waals surface area contributed by atoms with E-state index in [9.17, 15) is 23.2 Å². The summed E-state index contributed by atoms with van der Waals surface area (Å²) < 4.78 is 27.0. The van der Waals surface area contributed by atoms with E-state index >= 15 is 0 Å². The molecule has 1 saturated carbocycles. The molecule has 0 bridgehead atoms. The number of nitrogens with one attached hydrogen (secondary N) is 2. The molecule has 2 aliphatic rings. The molecule has 6 nitrogen and oxygen atoms in total. The first-order valence-corrected chi connectivity index (χ1v) is 14.2. The largest absolute Gasteiger partial charge is 0.342 e. The summed E-state index contributed by atoms with van der Waals surface area (Å²) in [6, 6.07) is 10.5. The molecular formula is C31H39F2N3O3. The molecule has 0 unspecified atom stereocenters. The molecule has 1 saturated heterocycles. The van der Waals surface area contributed by atoms with E-state index in [2.05, 4.69) is 10.6 Å². The minimum atomic E-state index is -0.638. The van der Waals surface area contributed by atoms with Gasteiger partial charge in [0.2, 0.25) is 5.91 Å². The van der Waals surface area contributed by atoms with E-state index in [1.165, 1.54) is 18.6 Å². The van der Waals surface area contributed by atoms with Crippen LogP contribution >= 0.6 is 0 Å². The molecule has 4 rings (SSSR count). The lowest BCUT2D eigenvalue weighted by atomic mass is 9.81. The Balaban J connectivity index is 1.35. The average Bonchev–Trinajstić information content (AvgIpc) is 2.97. The van der Waals surface area contributed by atoms with Crippen molar-refractivity contribution < 1.29 is 23.2 Å². The van der Waals surface area contributed by atoms with Crippen molar-refractivity contribution in [3.8, 4) is 0 Å². The second-order valence-electron chi connectivity index (χ2n) is 10.8. The number of rotatable bonds is 10. The zero-order chi connectivity index (χ0) is 27.8. The minimum absolute atomic E-state index is 0.0555. The number of benzene rings is 2. The predicted octanol–water partition coefficient (Wildman–Crippen LogP) is 5.12. The fourth-order valence-corrected chi connectivity index (χ4v) is 5.86. The number of likely N-dealkylation sites (tertiary alicyclic amines) is 1. The van der Waals surface area contributed by atoms with Crippen molar-refractivity contribution in [1.82, 2.24) is 15.5 Å². The van der Waals surface area contributed by atoms with Crippen molar-refractivity contribution in [1.29, 1.82) is 0 Å². The number of nitrogens with zero attached hydrogens (tertiary/aromatic N) is 1. The number of piperidine rings is 1. The van der Waals surface area contributed by atoms with Crippen LogP contribution in [0.25, 0.3) is 0 Å². The molecule has 2 amide bonds. The second kappa shape index (κ2) is 13.8. The Morgan fingerprint density at radius 1 is 1.00 bits per heavy atom. The number of carbonyl (C=O) groups is 3. The number of hydrogen-bond acceptors (Lipinski definition) is 4. The molecule has 1 heterocycles. The fraction of sp³-hybridized carbons (Fsp3) is 0.516. The maximum atomic E-state index is 13.9. The highest BCUT2D eigenvalue weighted by atomic mass is 19.1. The van der Waals surface area contributed by atoms with Gasteiger partial charge < -0.3 is 15.5 Å². The van der Waals surface area contributed by atoms with Gasteiger partial charge in [-0.25, -0.2) is 8.78 Å². The number of hydrogen-bond donors (Lipinski definition) is 2. The molecule has 0 aromatic heterocycles. The summed E-state index contributed by atoms with van der Waals surface area (Å²) in [5, 5.41) is 6.01. The number of Topliss-reactive ketones (excluding diaryl/α,β-unsaturated/α-hetero) is 1. The van der Waals surface area contributed by atoms with Gasteiger partial charge in [-0.3, -0.25) is 14.4 Å². The normalized spacial score (nSPS) is 18.9. The van der Waals surface area contributed by atoms with Gasteiger partial charge in [-0.05, 0) is 55.4 Å². The van der Waals surface area contributed by atoms with Gasteiger partial charge >= 0.3 is 0 Å². The summed E-state index contributed by atoms with van der Waals surface area (Å²) in [4.78, 5) is 40.6. The Morgan fingerprint density at radius 3 is 2.54 bits per heavy atom. The van der Waals surface area contributed by atoms with Crippen LogP contribution in [0.15, 0.2) is 42.5 Å². The summed E-state index contributed by atoms with van der Waals surface area (Å²) in [6.07, 6.45) is 7.46. The first-order chi connectivity index (χ1) is 18.9. The lowest BCUT2D eigenvalue weighted by Gasteiger charge is -2.33. The lowest BCUT2D eigenvalue weighted by Crippen LogP contribution is -2.46. The molecule has 0 spiro atoms. The van der Waals surface area contributed by atoms with Crippen LogP contribution < -0.4 is 10.6 Å². The third-order valence-electron chi connectivity index (χ3n) is 8.10. The highest BCUT2D eigenvalue weighted by Gasteiger charge is 2.30. The van der Waals surface area contributed by atoms with Gasteiger partial charge in [-0.1, -0.05) is 44.4 Å². The van der Waals surface area contributed by atoms with E-state index in [0.29, 0.717) is 30.6 Å². The average molecular weight is 540 g/mol. The Kier molecular flexibility index (Phi) is 10.2. The molecule has 1 aliphatic carbocycles. The van der Waals surface area contributed by atoms with Crippen LogP contribution in [-0.4, -0.2) is 48.2 Å². The van der Waals surface area contributed by atoms with Crippen LogP contribution in [-0.2, 0) is 16.1 Å². The van der Waals surface area contributed by atoms with Crippen LogP contribution in [0.5, 0.6) is 0 Å². The Hall–Kier alpha value is -3.13. The van der Waals surface area contributed by atoms with E-state index in [1.807, 2.05) is 25.1 Å². The highest BCUT2D eigenvalue weighted by Crippen LogP contribution is 2.29. The SMILES string of the molecule is CCC(=O)[C@H](NC(=O)c1cccc([C@H]2CCCN(C(=O)CNCc3ccc(F)cc3F)C2)c1)C1CCCCC1. The standard InChI is InChI=1S/C31H39F2N3O3/c1-2-28(37)30(21-8-4-3-5-9-21)35-31(39)23-11-6-10-22(16-23)25-12-7-15-36(20-25)29(38)19-34-18-24-13-14-26(32)17-27(24)33/h6,10-11,13-14,16-17,21,25,30,34H,2-5,7-9,12,15,18-20H2,1H3,(H,35,39)/t25-,30+/m0/s1. The highest BCUT2D eigenvalue weighted by molar-refractivity contribution is 5.98. The molecule has 2 aromatic carbocycles. The molecule has 2 N–H and O–H groups in total. The van der Waals surface area contributed by atoms with Gasteiger partial charge in [-0.2, -0.15) is 0 Å². The molecule has 39 heavy (non-hydrogen) atoms. The summed E-state index contributed by atoms with van der Waals surface area (Å²) in [5.41, 5.74) is 1.84. The van der Waals surface area contributed by atoms with Crippen molar-refractivity contribution in [3.05, 3.63) is 70.8 Å². The molecule has 1 aliphatic heterocycles. The number of halogens is 2. The number of amides is 2. The number of ketones is 1. The van der Waals surface area contributed by atoms with Crippen LogP contribution in [0.2, 0.25) is 0 Å². The molecule has 2 atom stereocenters. The van der Waals surface area contributed by atoms with Gasteiger partial charge in [0.25, 0.3) is 5.91 Å². The van der Waals surface area contributed by atoms with Gasteiger partial charge in [0.1, 0.15) is 11.6 Å². The summed E-state index contributed by atoms with van der Waals surface area (Å²) in [7, 11) is 0. The van der Waals surface area contributed by atoms with Crippen LogP contribution in [0.3, 0.4) is 0 Å². The van der Waals surface area contributed by atoms with E-state index in [1.54, 1.807) is 11.0 Å². The van der Waals surface area contributed by atoms with Gasteiger partial charge in [0.05, 0.1) is 12.6 Å². The predicted molar refractivity (Wildman–Crippen MR) is 146 cm³/mol. The zero-order valence-corrected chi connectivity index (χ0v) is 22.7. The van der Waals surface area contributed by atoms with Gasteiger partial charge in [0, 0.05) is 49.2 Å². The van der Waals surface area contributed by atoms with E-state index in [-0.39, 0.29) is 42.5 Å². The third kappa shape index (κ3) is 7.72. The molecule has 0 radical (unpaired) electrons. The molecular weight excluding hydrogens is 500 g/mol. The van der Waals surface area contributed by atoms with Crippen molar-refractivity contribution in [2.75, 3.05) is 19.6 Å². The lowest BCUT2D eigenvalue weighted by molar-refractivity contribution is -0.131. The quantitative estimate of drug-likeness (QED) is 0.440. The third-order valence-corrected chi connectivity index (χ3v) is 8.10. The zero-order valence-electron chi connectivity index (χ0n) is 22.7. The van der Waals surface area contributed by atoms with E-state index in [4.69, 9.17) is 0 Å². The topological polar surface area (TPSA) is 78.5 Å². The first-order valence-electron chi connectivity index (χ1n) is 14.2. The van der Waals surface area contributed by atoms with Crippen molar-refractivity contribution >= 4 is 17.6 Å². The minimum Gasteiger partial charge on any atom is -0.342 e. The summed E-state index contributed by atoms with van der Waals surface area (Å²) in [5.74, 6) is -1.20. The van der Waals surface area contributed by atoms with Gasteiger partial charge in [-0.15, -0.1) is 0 Å². The maximum absolute atomic E-state index is 13.9. The second-order valence-corrected chi connectivity index (χ2v) is 10.8. The van der Waals surface area contributed by atoms with E-state index in [0.717, 1.165) is 50.2 Å². The first kappa shape index (κ1) is 28.9. The summed E-state index contributed by atoms with van der Waals surface area (Å²) in [6.45, 7) is 3.21. The Bertz CT molecular complexity index is 1170.